The van der Waals surface area contributed by atoms with Crippen LogP contribution >= 0.6 is 11.3 Å². The van der Waals surface area contributed by atoms with Gasteiger partial charge in [0.05, 0.1) is 12.2 Å². The molecule has 0 spiro atoms. The Labute approximate surface area is 181 Å². The van der Waals surface area contributed by atoms with Gasteiger partial charge >= 0.3 is 6.03 Å². The van der Waals surface area contributed by atoms with Crippen LogP contribution in [-0.4, -0.2) is 21.5 Å². The van der Waals surface area contributed by atoms with Crippen molar-refractivity contribution in [2.75, 3.05) is 5.32 Å². The zero-order valence-electron chi connectivity index (χ0n) is 17.6. The highest BCUT2D eigenvalue weighted by Gasteiger charge is 2.27. The zero-order valence-corrected chi connectivity index (χ0v) is 18.5. The number of rotatable bonds is 6. The number of urea groups is 1. The maximum absolute atomic E-state index is 13.4. The molecule has 2 amide bonds. The van der Waals surface area contributed by atoms with E-state index in [9.17, 15) is 9.59 Å². The van der Waals surface area contributed by atoms with E-state index in [-0.39, 0.29) is 17.6 Å². The van der Waals surface area contributed by atoms with Crippen molar-refractivity contribution in [3.8, 4) is 0 Å². The maximum Gasteiger partial charge on any atom is 0.322 e. The second-order valence-electron chi connectivity index (χ2n) is 8.52. The number of aromatic nitrogens is 1. The van der Waals surface area contributed by atoms with Crippen LogP contribution in [0.3, 0.4) is 0 Å². The van der Waals surface area contributed by atoms with Crippen LogP contribution in [0.2, 0.25) is 0 Å². The van der Waals surface area contributed by atoms with E-state index in [1.54, 1.807) is 22.1 Å². The lowest BCUT2D eigenvalue weighted by Crippen LogP contribution is -2.41. The highest BCUT2D eigenvalue weighted by Crippen LogP contribution is 2.28. The van der Waals surface area contributed by atoms with Crippen LogP contribution in [0.15, 0.2) is 52.8 Å². The molecule has 30 heavy (non-hydrogen) atoms. The van der Waals surface area contributed by atoms with Crippen molar-refractivity contribution < 1.29 is 4.79 Å². The van der Waals surface area contributed by atoms with Crippen LogP contribution in [0.25, 0.3) is 10.8 Å². The molecule has 1 aliphatic carbocycles. The Hall–Kier alpha value is -2.60. The van der Waals surface area contributed by atoms with Crippen molar-refractivity contribution in [2.45, 2.75) is 58.7 Å². The van der Waals surface area contributed by atoms with E-state index in [0.717, 1.165) is 18.2 Å². The number of benzene rings is 1. The van der Waals surface area contributed by atoms with Crippen molar-refractivity contribution in [3.05, 3.63) is 63.2 Å². The third kappa shape index (κ3) is 4.43. The molecule has 1 N–H and O–H groups in total. The predicted octanol–water partition coefficient (Wildman–Crippen LogP) is 5.70. The predicted molar refractivity (Wildman–Crippen MR) is 124 cm³/mol. The minimum absolute atomic E-state index is 0.0106. The second-order valence-corrected chi connectivity index (χ2v) is 9.55. The van der Waals surface area contributed by atoms with Gasteiger partial charge in [-0.15, -0.1) is 11.3 Å². The largest absolute Gasteiger partial charge is 0.322 e. The molecule has 0 radical (unpaired) electrons. The molecule has 1 saturated carbocycles. The molecule has 6 heteroatoms. The van der Waals surface area contributed by atoms with Crippen LogP contribution in [0.4, 0.5) is 10.5 Å². The molecule has 0 aliphatic heterocycles. The molecule has 1 aromatic carbocycles. The third-order valence-corrected chi connectivity index (χ3v) is 6.59. The van der Waals surface area contributed by atoms with Gasteiger partial charge in [-0.05, 0) is 36.3 Å². The number of hydrogen-bond donors (Lipinski definition) is 1. The Morgan fingerprint density at radius 3 is 2.57 bits per heavy atom. The third-order valence-electron chi connectivity index (χ3n) is 5.73. The molecule has 0 bridgehead atoms. The molecule has 3 aromatic rings. The summed E-state index contributed by atoms with van der Waals surface area (Å²) < 4.78 is 1.72. The zero-order chi connectivity index (χ0) is 21.1. The number of amides is 2. The van der Waals surface area contributed by atoms with E-state index in [0.29, 0.717) is 30.1 Å². The highest BCUT2D eigenvalue weighted by molar-refractivity contribution is 7.09. The van der Waals surface area contributed by atoms with Gasteiger partial charge in [0.15, 0.2) is 0 Å². The summed E-state index contributed by atoms with van der Waals surface area (Å²) in [6.07, 6.45) is 6.24. The van der Waals surface area contributed by atoms with Gasteiger partial charge < -0.3 is 14.8 Å². The molecule has 4 rings (SSSR count). The summed E-state index contributed by atoms with van der Waals surface area (Å²) in [5.74, 6) is 0.334. The van der Waals surface area contributed by atoms with Gasteiger partial charge in [-0.25, -0.2) is 4.79 Å². The van der Waals surface area contributed by atoms with Gasteiger partial charge in [-0.3, -0.25) is 4.79 Å². The Balaban J connectivity index is 1.68. The van der Waals surface area contributed by atoms with Gasteiger partial charge in [0.1, 0.15) is 0 Å². The molecule has 2 heterocycles. The number of hydrogen-bond acceptors (Lipinski definition) is 3. The Bertz CT molecular complexity index is 1070. The average Bonchev–Trinajstić information content (AvgIpc) is 3.43. The lowest BCUT2D eigenvalue weighted by Gasteiger charge is -2.29. The van der Waals surface area contributed by atoms with Crippen LogP contribution in [0.1, 0.15) is 44.4 Å². The number of fused-ring (bicyclic) bond motifs is 1. The Morgan fingerprint density at radius 1 is 1.17 bits per heavy atom. The summed E-state index contributed by atoms with van der Waals surface area (Å²) in [7, 11) is 0. The molecule has 0 atom stereocenters. The van der Waals surface area contributed by atoms with Crippen molar-refractivity contribution >= 4 is 33.8 Å². The fraction of sp³-hybridized carbons (Fsp3) is 0.417. The van der Waals surface area contributed by atoms with E-state index in [1.807, 2.05) is 35.2 Å². The first-order chi connectivity index (χ1) is 14.5. The number of pyridine rings is 1. The molecule has 2 aromatic heterocycles. The molecule has 1 fully saturated rings. The summed E-state index contributed by atoms with van der Waals surface area (Å²) in [5.41, 5.74) is 0.688. The van der Waals surface area contributed by atoms with Crippen molar-refractivity contribution in [3.63, 3.8) is 0 Å². The van der Waals surface area contributed by atoms with E-state index in [2.05, 4.69) is 30.6 Å². The van der Waals surface area contributed by atoms with Crippen molar-refractivity contribution in [1.29, 1.82) is 0 Å². The molecule has 1 aliphatic rings. The smallest absolute Gasteiger partial charge is 0.316 e. The quantitative estimate of drug-likeness (QED) is 0.553. The summed E-state index contributed by atoms with van der Waals surface area (Å²) >= 11 is 1.68. The number of nitrogens with one attached hydrogen (secondary N) is 1. The van der Waals surface area contributed by atoms with Crippen molar-refractivity contribution in [1.82, 2.24) is 9.47 Å². The summed E-state index contributed by atoms with van der Waals surface area (Å²) in [5, 5.41) is 6.63. The lowest BCUT2D eigenvalue weighted by molar-refractivity contribution is 0.185. The highest BCUT2D eigenvalue weighted by atomic mass is 32.1. The molecular weight excluding hydrogens is 394 g/mol. The SMILES string of the molecule is CC(C)Cn1cc(NC(=O)N(Cc2cccs2)C2CCCC2)c2ccccc2c1=O. The Kier molecular flexibility index (Phi) is 6.23. The number of carbonyl (C=O) groups is 1. The first kappa shape index (κ1) is 20.7. The number of nitrogens with zero attached hydrogens (tertiary/aromatic N) is 2. The monoisotopic (exact) mass is 423 g/mol. The van der Waals surface area contributed by atoms with Gasteiger partial charge in [-0.2, -0.15) is 0 Å². The first-order valence-electron chi connectivity index (χ1n) is 10.7. The normalized spacial score (nSPS) is 14.5. The van der Waals surface area contributed by atoms with Crippen LogP contribution in [0.5, 0.6) is 0 Å². The number of anilines is 1. The van der Waals surface area contributed by atoms with E-state index in [4.69, 9.17) is 0 Å². The van der Waals surface area contributed by atoms with Gasteiger partial charge in [0, 0.05) is 34.4 Å². The average molecular weight is 424 g/mol. The van der Waals surface area contributed by atoms with Crippen LogP contribution in [-0.2, 0) is 13.1 Å². The van der Waals surface area contributed by atoms with Crippen LogP contribution < -0.4 is 10.9 Å². The first-order valence-corrected chi connectivity index (χ1v) is 11.6. The summed E-state index contributed by atoms with van der Waals surface area (Å²) in [6, 6.07) is 11.8. The van der Waals surface area contributed by atoms with Gasteiger partial charge in [-0.1, -0.05) is 51.0 Å². The molecule has 158 valence electrons. The summed E-state index contributed by atoms with van der Waals surface area (Å²) in [6.45, 7) is 5.41. The fourth-order valence-electron chi connectivity index (χ4n) is 4.31. The number of thiophene rings is 1. The fourth-order valence-corrected chi connectivity index (χ4v) is 5.01. The van der Waals surface area contributed by atoms with Gasteiger partial charge in [0.25, 0.3) is 5.56 Å². The second kappa shape index (κ2) is 9.04. The molecular formula is C24H29N3O2S. The molecule has 0 saturated heterocycles. The van der Waals surface area contributed by atoms with E-state index < -0.39 is 0 Å². The number of carbonyl (C=O) groups excluding carboxylic acids is 1. The maximum atomic E-state index is 13.4. The van der Waals surface area contributed by atoms with Crippen molar-refractivity contribution in [2.24, 2.45) is 5.92 Å². The minimum atomic E-state index is -0.0878. The molecule has 0 unspecified atom stereocenters. The molecule has 5 nitrogen and oxygen atoms in total. The van der Waals surface area contributed by atoms with E-state index in [1.165, 1.54) is 17.7 Å². The lowest BCUT2D eigenvalue weighted by atomic mass is 10.1. The Morgan fingerprint density at radius 2 is 1.90 bits per heavy atom. The van der Waals surface area contributed by atoms with E-state index >= 15 is 0 Å². The standard InChI is InChI=1S/C24H29N3O2S/c1-17(2)14-26-16-22(20-11-5-6-12-21(20)23(26)28)25-24(29)27(18-8-3-4-9-18)15-19-10-7-13-30-19/h5-7,10-13,16-18H,3-4,8-9,14-15H2,1-2H3,(H,25,29). The minimum Gasteiger partial charge on any atom is -0.316 e. The summed E-state index contributed by atoms with van der Waals surface area (Å²) in [4.78, 5) is 29.5. The van der Waals surface area contributed by atoms with Gasteiger partial charge in [0.2, 0.25) is 0 Å². The van der Waals surface area contributed by atoms with Crippen LogP contribution in [0, 0.1) is 5.92 Å². The topological polar surface area (TPSA) is 54.3 Å².